The highest BCUT2D eigenvalue weighted by Crippen LogP contribution is 2.49. The number of hydrogen-bond acceptors (Lipinski definition) is 4. The summed E-state index contributed by atoms with van der Waals surface area (Å²) in [6.07, 6.45) is 0.969. The first-order valence-electron chi connectivity index (χ1n) is 6.98. The van der Waals surface area contributed by atoms with Crippen LogP contribution in [0, 0.1) is 5.92 Å². The number of carbonyl (C=O) groups is 1. The number of carbonyl (C=O) groups excluding carboxylic acids is 1. The lowest BCUT2D eigenvalue weighted by molar-refractivity contribution is -0.119. The van der Waals surface area contributed by atoms with Crippen LogP contribution < -0.4 is 10.2 Å². The van der Waals surface area contributed by atoms with Crippen LogP contribution in [-0.4, -0.2) is 28.8 Å². The van der Waals surface area contributed by atoms with E-state index < -0.39 is 24.2 Å². The number of alkyl halides is 2. The number of halogens is 4. The van der Waals surface area contributed by atoms with Gasteiger partial charge in [-0.2, -0.15) is 4.98 Å². The standard InChI is InChI=1S/C15H12Cl2F2N4O/c1-23(12-11(16)7-20-14(17)22-12)9-4-2-3-8(5-9)21-13(24)10-6-15(10,18)19/h2-5,7,10H,6H2,1H3,(H,21,24)/t10-/m0/s1. The third-order valence-corrected chi connectivity index (χ3v) is 4.11. The van der Waals surface area contributed by atoms with Gasteiger partial charge in [-0.15, -0.1) is 0 Å². The molecule has 0 aliphatic heterocycles. The van der Waals surface area contributed by atoms with E-state index in [1.807, 2.05) is 0 Å². The zero-order valence-corrected chi connectivity index (χ0v) is 13.9. The van der Waals surface area contributed by atoms with Crippen LogP contribution in [0.25, 0.3) is 0 Å². The number of amides is 1. The highest BCUT2D eigenvalue weighted by Gasteiger charge is 2.61. The van der Waals surface area contributed by atoms with Crippen LogP contribution in [0.2, 0.25) is 10.3 Å². The van der Waals surface area contributed by atoms with Gasteiger partial charge in [-0.3, -0.25) is 4.79 Å². The van der Waals surface area contributed by atoms with Crippen molar-refractivity contribution < 1.29 is 13.6 Å². The van der Waals surface area contributed by atoms with E-state index in [2.05, 4.69) is 15.3 Å². The summed E-state index contributed by atoms with van der Waals surface area (Å²) in [6, 6.07) is 6.69. The molecule has 0 spiro atoms. The molecule has 126 valence electrons. The first-order chi connectivity index (χ1) is 11.3. The Balaban J connectivity index is 1.80. The van der Waals surface area contributed by atoms with E-state index in [0.29, 0.717) is 22.2 Å². The summed E-state index contributed by atoms with van der Waals surface area (Å²) < 4.78 is 25.9. The Bertz CT molecular complexity index is 803. The minimum Gasteiger partial charge on any atom is -0.328 e. The molecular weight excluding hydrogens is 361 g/mol. The molecule has 24 heavy (non-hydrogen) atoms. The lowest BCUT2D eigenvalue weighted by Crippen LogP contribution is -2.18. The maximum absolute atomic E-state index is 13.0. The van der Waals surface area contributed by atoms with Crippen molar-refractivity contribution >= 4 is 46.3 Å². The fraction of sp³-hybridized carbons (Fsp3) is 0.267. The Morgan fingerprint density at radius 3 is 2.79 bits per heavy atom. The minimum atomic E-state index is -2.90. The van der Waals surface area contributed by atoms with Gasteiger partial charge in [0.2, 0.25) is 11.2 Å². The first-order valence-corrected chi connectivity index (χ1v) is 7.74. The predicted octanol–water partition coefficient (Wildman–Crippen LogP) is 4.15. The minimum absolute atomic E-state index is 0.0432. The number of benzene rings is 1. The zero-order chi connectivity index (χ0) is 17.5. The monoisotopic (exact) mass is 372 g/mol. The Morgan fingerprint density at radius 1 is 1.42 bits per heavy atom. The molecule has 0 saturated heterocycles. The summed E-state index contributed by atoms with van der Waals surface area (Å²) in [6.45, 7) is 0. The van der Waals surface area contributed by atoms with E-state index in [1.165, 1.54) is 6.20 Å². The largest absolute Gasteiger partial charge is 0.328 e. The molecule has 1 aromatic carbocycles. The highest BCUT2D eigenvalue weighted by atomic mass is 35.5. The molecule has 0 radical (unpaired) electrons. The van der Waals surface area contributed by atoms with E-state index in [9.17, 15) is 13.6 Å². The van der Waals surface area contributed by atoms with Crippen LogP contribution in [0.1, 0.15) is 6.42 Å². The van der Waals surface area contributed by atoms with Gasteiger partial charge >= 0.3 is 0 Å². The van der Waals surface area contributed by atoms with E-state index in [4.69, 9.17) is 23.2 Å². The Labute approximate surface area is 146 Å². The fourth-order valence-corrected chi connectivity index (χ4v) is 2.56. The molecule has 1 heterocycles. The van der Waals surface area contributed by atoms with Gasteiger partial charge in [0.05, 0.1) is 6.20 Å². The molecule has 1 aliphatic carbocycles. The van der Waals surface area contributed by atoms with Crippen molar-refractivity contribution in [2.24, 2.45) is 5.92 Å². The van der Waals surface area contributed by atoms with E-state index >= 15 is 0 Å². The van der Waals surface area contributed by atoms with Gasteiger partial charge in [0.1, 0.15) is 10.9 Å². The maximum atomic E-state index is 13.0. The number of rotatable bonds is 4. The topological polar surface area (TPSA) is 58.1 Å². The molecule has 0 unspecified atom stereocenters. The molecule has 1 atom stereocenters. The van der Waals surface area contributed by atoms with Gasteiger partial charge < -0.3 is 10.2 Å². The van der Waals surface area contributed by atoms with Crippen molar-refractivity contribution in [3.63, 3.8) is 0 Å². The summed E-state index contributed by atoms with van der Waals surface area (Å²) in [7, 11) is 1.71. The molecule has 1 saturated carbocycles. The highest BCUT2D eigenvalue weighted by molar-refractivity contribution is 6.33. The summed E-state index contributed by atoms with van der Waals surface area (Å²) in [5.41, 5.74) is 1.05. The van der Waals surface area contributed by atoms with Gasteiger partial charge in [-0.05, 0) is 29.8 Å². The van der Waals surface area contributed by atoms with Gasteiger partial charge in [0.25, 0.3) is 5.92 Å². The van der Waals surface area contributed by atoms with Crippen LogP contribution in [0.5, 0.6) is 0 Å². The summed E-state index contributed by atoms with van der Waals surface area (Å²) in [5.74, 6) is -4.46. The van der Waals surface area contributed by atoms with Crippen LogP contribution in [0.3, 0.4) is 0 Å². The number of aromatic nitrogens is 2. The lowest BCUT2D eigenvalue weighted by atomic mass is 10.2. The van der Waals surface area contributed by atoms with Crippen LogP contribution in [0.15, 0.2) is 30.5 Å². The molecule has 0 bridgehead atoms. The summed E-state index contributed by atoms with van der Waals surface area (Å²) in [5, 5.41) is 2.84. The second-order valence-corrected chi connectivity index (χ2v) is 6.17. The summed E-state index contributed by atoms with van der Waals surface area (Å²) >= 11 is 11.8. The van der Waals surface area contributed by atoms with Crippen LogP contribution >= 0.6 is 23.2 Å². The first kappa shape index (κ1) is 16.9. The van der Waals surface area contributed by atoms with Crippen molar-refractivity contribution in [2.45, 2.75) is 12.3 Å². The zero-order valence-electron chi connectivity index (χ0n) is 12.4. The molecule has 1 amide bonds. The molecule has 3 rings (SSSR count). The smallest absolute Gasteiger partial charge is 0.260 e. The Kier molecular flexibility index (Phi) is 4.31. The van der Waals surface area contributed by atoms with E-state index in [-0.39, 0.29) is 5.28 Å². The molecule has 1 fully saturated rings. The number of hydrogen-bond donors (Lipinski definition) is 1. The van der Waals surface area contributed by atoms with Crippen molar-refractivity contribution in [1.82, 2.24) is 9.97 Å². The summed E-state index contributed by atoms with van der Waals surface area (Å²) in [4.78, 5) is 21.3. The third kappa shape index (κ3) is 3.42. The Hall–Kier alpha value is -1.99. The van der Waals surface area contributed by atoms with Gasteiger partial charge in [0, 0.05) is 24.8 Å². The van der Waals surface area contributed by atoms with Gasteiger partial charge in [-0.25, -0.2) is 13.8 Å². The van der Waals surface area contributed by atoms with Crippen molar-refractivity contribution in [1.29, 1.82) is 0 Å². The number of nitrogens with zero attached hydrogens (tertiary/aromatic N) is 3. The van der Waals surface area contributed by atoms with Gasteiger partial charge in [-0.1, -0.05) is 17.7 Å². The Morgan fingerprint density at radius 2 is 2.12 bits per heavy atom. The molecule has 5 nitrogen and oxygen atoms in total. The molecule has 1 aliphatic rings. The molecule has 1 aromatic heterocycles. The van der Waals surface area contributed by atoms with Gasteiger partial charge in [0.15, 0.2) is 5.82 Å². The fourth-order valence-electron chi connectivity index (χ4n) is 2.21. The van der Waals surface area contributed by atoms with Crippen molar-refractivity contribution in [3.05, 3.63) is 40.8 Å². The maximum Gasteiger partial charge on any atom is 0.260 e. The average molecular weight is 373 g/mol. The average Bonchev–Trinajstić information content (AvgIpc) is 3.18. The van der Waals surface area contributed by atoms with Crippen molar-refractivity contribution in [2.75, 3.05) is 17.3 Å². The second kappa shape index (κ2) is 6.14. The second-order valence-electron chi connectivity index (χ2n) is 5.43. The molecule has 2 aromatic rings. The predicted molar refractivity (Wildman–Crippen MR) is 88.2 cm³/mol. The number of nitrogens with one attached hydrogen (secondary N) is 1. The van der Waals surface area contributed by atoms with E-state index in [0.717, 1.165) is 0 Å². The van der Waals surface area contributed by atoms with Crippen molar-refractivity contribution in [3.8, 4) is 0 Å². The van der Waals surface area contributed by atoms with Crippen LogP contribution in [0.4, 0.5) is 26.0 Å². The number of anilines is 3. The molecule has 9 heteroatoms. The van der Waals surface area contributed by atoms with E-state index in [1.54, 1.807) is 36.2 Å². The lowest BCUT2D eigenvalue weighted by Gasteiger charge is -2.20. The molecule has 1 N–H and O–H groups in total. The van der Waals surface area contributed by atoms with Crippen LogP contribution in [-0.2, 0) is 4.79 Å². The molecular formula is C15H12Cl2F2N4O. The third-order valence-electron chi connectivity index (χ3n) is 3.66. The quantitative estimate of drug-likeness (QED) is 0.819. The normalized spacial score (nSPS) is 18.1. The SMILES string of the molecule is CN(c1cccc(NC(=O)[C@@H]2CC2(F)F)c1)c1nc(Cl)ncc1Cl.